The molecule has 1 aliphatic rings. The van der Waals surface area contributed by atoms with E-state index in [0.717, 1.165) is 12.8 Å². The summed E-state index contributed by atoms with van der Waals surface area (Å²) in [5, 5.41) is 3.03. The van der Waals surface area contributed by atoms with Crippen molar-refractivity contribution < 1.29 is 4.79 Å². The topological polar surface area (TPSA) is 58.4 Å². The number of likely N-dealkylation sites (N-methyl/N-ethyl adjacent to an activating group) is 1. The van der Waals surface area contributed by atoms with Crippen LogP contribution in [0.1, 0.15) is 53.4 Å². The van der Waals surface area contributed by atoms with Crippen LogP contribution in [0.15, 0.2) is 0 Å². The molecule has 3 N–H and O–H groups in total. The molecule has 0 heterocycles. The minimum Gasteiger partial charge on any atom is -0.350 e. The Hall–Kier alpha value is -0.610. The number of amides is 1. The fraction of sp³-hybridized carbons (Fsp3) is 0.929. The molecule has 1 aliphatic carbocycles. The van der Waals surface area contributed by atoms with Gasteiger partial charge in [-0.15, -0.1) is 0 Å². The minimum absolute atomic E-state index is 0.0859. The van der Waals surface area contributed by atoms with Crippen molar-refractivity contribution in [1.29, 1.82) is 0 Å². The molecular weight excluding hydrogens is 226 g/mol. The maximum atomic E-state index is 12.2. The molecule has 4 nitrogen and oxygen atoms in total. The molecule has 0 aromatic rings. The SMILES string of the molecule is CC(C(=O)NC(C)(C)C)N(C)C1CCCCC1N. The molecule has 0 aromatic carbocycles. The molecule has 3 atom stereocenters. The number of rotatable bonds is 3. The quantitative estimate of drug-likeness (QED) is 0.803. The second kappa shape index (κ2) is 6.02. The van der Waals surface area contributed by atoms with Crippen molar-refractivity contribution in [3.63, 3.8) is 0 Å². The highest BCUT2D eigenvalue weighted by Crippen LogP contribution is 2.22. The van der Waals surface area contributed by atoms with Gasteiger partial charge in [0.2, 0.25) is 5.91 Å². The van der Waals surface area contributed by atoms with Crippen molar-refractivity contribution in [3.8, 4) is 0 Å². The van der Waals surface area contributed by atoms with Gasteiger partial charge in [0.25, 0.3) is 0 Å². The first-order chi connectivity index (χ1) is 8.22. The smallest absolute Gasteiger partial charge is 0.237 e. The van der Waals surface area contributed by atoms with Crippen LogP contribution >= 0.6 is 0 Å². The second-order valence-electron chi connectivity index (χ2n) is 6.60. The van der Waals surface area contributed by atoms with Gasteiger partial charge in [-0.1, -0.05) is 12.8 Å². The van der Waals surface area contributed by atoms with E-state index >= 15 is 0 Å². The highest BCUT2D eigenvalue weighted by atomic mass is 16.2. The lowest BCUT2D eigenvalue weighted by atomic mass is 9.89. The Balaban J connectivity index is 2.59. The van der Waals surface area contributed by atoms with E-state index < -0.39 is 0 Å². The number of nitrogens with zero attached hydrogens (tertiary/aromatic N) is 1. The fourth-order valence-corrected chi connectivity index (χ4v) is 2.59. The third-order valence-corrected chi connectivity index (χ3v) is 3.79. The molecule has 0 spiro atoms. The molecule has 0 aliphatic heterocycles. The van der Waals surface area contributed by atoms with Gasteiger partial charge in [0.05, 0.1) is 6.04 Å². The molecule has 4 heteroatoms. The average molecular weight is 255 g/mol. The Labute approximate surface area is 111 Å². The van der Waals surface area contributed by atoms with Crippen molar-refractivity contribution in [3.05, 3.63) is 0 Å². The van der Waals surface area contributed by atoms with Crippen LogP contribution in [0.3, 0.4) is 0 Å². The van der Waals surface area contributed by atoms with Crippen LogP contribution < -0.4 is 11.1 Å². The average Bonchev–Trinajstić information content (AvgIpc) is 2.25. The van der Waals surface area contributed by atoms with Crippen LogP contribution in [0.4, 0.5) is 0 Å². The molecule has 0 saturated heterocycles. The normalized spacial score (nSPS) is 27.1. The van der Waals surface area contributed by atoms with Gasteiger partial charge in [0.15, 0.2) is 0 Å². The summed E-state index contributed by atoms with van der Waals surface area (Å²) in [4.78, 5) is 14.3. The third kappa shape index (κ3) is 4.25. The number of hydrogen-bond acceptors (Lipinski definition) is 3. The van der Waals surface area contributed by atoms with E-state index in [1.54, 1.807) is 0 Å². The molecule has 0 aromatic heterocycles. The molecule has 1 saturated carbocycles. The van der Waals surface area contributed by atoms with Crippen LogP contribution in [0.25, 0.3) is 0 Å². The summed E-state index contributed by atoms with van der Waals surface area (Å²) in [7, 11) is 2.02. The van der Waals surface area contributed by atoms with Crippen LogP contribution in [-0.4, -0.2) is 41.5 Å². The molecule has 1 rings (SSSR count). The Morgan fingerprint density at radius 3 is 2.39 bits per heavy atom. The molecule has 1 amide bonds. The summed E-state index contributed by atoms with van der Waals surface area (Å²) in [6, 6.07) is 0.409. The Morgan fingerprint density at radius 1 is 1.33 bits per heavy atom. The van der Waals surface area contributed by atoms with E-state index in [-0.39, 0.29) is 23.5 Å². The molecular formula is C14H29N3O. The van der Waals surface area contributed by atoms with Gasteiger partial charge >= 0.3 is 0 Å². The fourth-order valence-electron chi connectivity index (χ4n) is 2.59. The van der Waals surface area contributed by atoms with Gasteiger partial charge in [-0.2, -0.15) is 0 Å². The summed E-state index contributed by atoms with van der Waals surface area (Å²) in [6.07, 6.45) is 4.61. The van der Waals surface area contributed by atoms with Gasteiger partial charge < -0.3 is 11.1 Å². The summed E-state index contributed by atoms with van der Waals surface area (Å²) >= 11 is 0. The maximum absolute atomic E-state index is 12.2. The van der Waals surface area contributed by atoms with Crippen LogP contribution in [0.2, 0.25) is 0 Å². The zero-order chi connectivity index (χ0) is 13.9. The van der Waals surface area contributed by atoms with Gasteiger partial charge in [0, 0.05) is 17.6 Å². The lowest BCUT2D eigenvalue weighted by Gasteiger charge is -2.39. The molecule has 106 valence electrons. The van der Waals surface area contributed by atoms with Gasteiger partial charge in [-0.05, 0) is 47.6 Å². The van der Waals surface area contributed by atoms with Crippen molar-refractivity contribution in [2.45, 2.75) is 77.0 Å². The number of nitrogens with two attached hydrogens (primary N) is 1. The number of carbonyl (C=O) groups is 1. The first kappa shape index (κ1) is 15.4. The standard InChI is InChI=1S/C14H29N3O/c1-10(13(18)16-14(2,3)4)17(5)12-9-7-6-8-11(12)15/h10-12H,6-9,15H2,1-5H3,(H,16,18). The number of hydrogen-bond donors (Lipinski definition) is 2. The first-order valence-corrected chi connectivity index (χ1v) is 7.02. The lowest BCUT2D eigenvalue weighted by Crippen LogP contribution is -2.56. The van der Waals surface area contributed by atoms with Crippen molar-refractivity contribution >= 4 is 5.91 Å². The largest absolute Gasteiger partial charge is 0.350 e. The van der Waals surface area contributed by atoms with Gasteiger partial charge in [-0.25, -0.2) is 0 Å². The zero-order valence-corrected chi connectivity index (χ0v) is 12.5. The summed E-state index contributed by atoms with van der Waals surface area (Å²) in [6.45, 7) is 7.97. The van der Waals surface area contributed by atoms with Crippen molar-refractivity contribution in [2.24, 2.45) is 5.73 Å². The van der Waals surface area contributed by atoms with E-state index in [4.69, 9.17) is 5.73 Å². The van der Waals surface area contributed by atoms with Crippen molar-refractivity contribution in [1.82, 2.24) is 10.2 Å². The second-order valence-corrected chi connectivity index (χ2v) is 6.60. The van der Waals surface area contributed by atoms with Crippen molar-refractivity contribution in [2.75, 3.05) is 7.05 Å². The molecule has 0 bridgehead atoms. The van der Waals surface area contributed by atoms with Crippen LogP contribution in [0.5, 0.6) is 0 Å². The summed E-state index contributed by atoms with van der Waals surface area (Å²) < 4.78 is 0. The number of nitrogens with one attached hydrogen (secondary N) is 1. The Kier molecular flexibility index (Phi) is 5.17. The highest BCUT2D eigenvalue weighted by molar-refractivity contribution is 5.81. The van der Waals surface area contributed by atoms with Gasteiger partial charge in [0.1, 0.15) is 0 Å². The lowest BCUT2D eigenvalue weighted by molar-refractivity contribution is -0.128. The predicted octanol–water partition coefficient (Wildman–Crippen LogP) is 1.49. The third-order valence-electron chi connectivity index (χ3n) is 3.79. The monoisotopic (exact) mass is 255 g/mol. The predicted molar refractivity (Wildman–Crippen MR) is 75.4 cm³/mol. The van der Waals surface area contributed by atoms with Gasteiger partial charge in [-0.3, -0.25) is 9.69 Å². The van der Waals surface area contributed by atoms with E-state index in [0.29, 0.717) is 6.04 Å². The molecule has 1 fully saturated rings. The number of carbonyl (C=O) groups excluding carboxylic acids is 1. The Bertz CT molecular complexity index is 285. The summed E-state index contributed by atoms with van der Waals surface area (Å²) in [5.41, 5.74) is 5.99. The van der Waals surface area contributed by atoms with E-state index in [1.165, 1.54) is 12.8 Å². The maximum Gasteiger partial charge on any atom is 0.237 e. The van der Waals surface area contributed by atoms with Crippen LogP contribution in [0, 0.1) is 0 Å². The van der Waals surface area contributed by atoms with E-state index in [2.05, 4.69) is 10.2 Å². The van der Waals surface area contributed by atoms with Crippen LogP contribution in [-0.2, 0) is 4.79 Å². The van der Waals surface area contributed by atoms with E-state index in [9.17, 15) is 4.79 Å². The summed E-state index contributed by atoms with van der Waals surface area (Å²) in [5.74, 6) is 0.0859. The minimum atomic E-state index is -0.180. The molecule has 3 unspecified atom stereocenters. The molecule has 0 radical (unpaired) electrons. The first-order valence-electron chi connectivity index (χ1n) is 7.02. The van der Waals surface area contributed by atoms with E-state index in [1.807, 2.05) is 34.7 Å². The zero-order valence-electron chi connectivity index (χ0n) is 12.5. The molecule has 18 heavy (non-hydrogen) atoms. The Morgan fingerprint density at radius 2 is 1.89 bits per heavy atom. The highest BCUT2D eigenvalue weighted by Gasteiger charge is 2.31.